The van der Waals surface area contributed by atoms with Gasteiger partial charge in [-0.1, -0.05) is 6.58 Å². The lowest BCUT2D eigenvalue weighted by molar-refractivity contribution is -0.141. The molecule has 0 aromatic rings. The van der Waals surface area contributed by atoms with Crippen LogP contribution in [-0.4, -0.2) is 24.0 Å². The number of esters is 1. The molecule has 3 rings (SSSR count). The molecule has 2 saturated carbocycles. The zero-order valence-electron chi connectivity index (χ0n) is 6.80. The largest absolute Gasteiger partial charge is 0.435 e. The summed E-state index contributed by atoms with van der Waals surface area (Å²) in [6.45, 7) is 3.29. The fourth-order valence-corrected chi connectivity index (χ4v) is 2.41. The summed E-state index contributed by atoms with van der Waals surface area (Å²) in [4.78, 5) is 22.6. The number of Topliss-reactive ketones (excluding diaryl/α,β-unsaturated/α-hetero) is 1. The molecular weight excluding hydrogens is 172 g/mol. The molecule has 3 fully saturated rings. The summed E-state index contributed by atoms with van der Waals surface area (Å²) >= 11 is 0. The van der Waals surface area contributed by atoms with Gasteiger partial charge in [0.25, 0.3) is 0 Å². The Morgan fingerprint density at radius 2 is 2.46 bits per heavy atom. The van der Waals surface area contributed by atoms with Crippen LogP contribution in [0.25, 0.3) is 0 Å². The Bertz CT molecular complexity index is 327. The number of epoxide rings is 1. The first-order chi connectivity index (χ1) is 6.25. The summed E-state index contributed by atoms with van der Waals surface area (Å²) in [5.74, 6) is -0.524. The van der Waals surface area contributed by atoms with Gasteiger partial charge >= 0.3 is 5.97 Å². The molecule has 0 radical (unpaired) electrons. The molecule has 1 heterocycles. The minimum Gasteiger partial charge on any atom is -0.435 e. The lowest BCUT2D eigenvalue weighted by Crippen LogP contribution is -2.15. The third-order valence-corrected chi connectivity index (χ3v) is 3.06. The zero-order chi connectivity index (χ0) is 9.16. The maximum absolute atomic E-state index is 11.3. The van der Waals surface area contributed by atoms with Gasteiger partial charge in [-0.15, -0.1) is 0 Å². The molecule has 3 aliphatic rings. The first-order valence-electron chi connectivity index (χ1n) is 4.26. The van der Waals surface area contributed by atoms with Crippen LogP contribution in [0.1, 0.15) is 1.43 Å². The number of ether oxygens (including phenoxy) is 2. The Hall–Kier alpha value is -1.16. The Kier molecular flexibility index (Phi) is 1.12. The van der Waals surface area contributed by atoms with Gasteiger partial charge < -0.3 is 9.47 Å². The second kappa shape index (κ2) is 2.01. The van der Waals surface area contributed by atoms with Crippen molar-refractivity contribution in [1.29, 1.82) is 0 Å². The molecule has 1 saturated heterocycles. The molecule has 2 aliphatic carbocycles. The summed E-state index contributed by atoms with van der Waals surface area (Å²) in [5.41, 5.74) is 0. The van der Waals surface area contributed by atoms with Crippen molar-refractivity contribution in [3.05, 3.63) is 12.8 Å². The van der Waals surface area contributed by atoms with Crippen molar-refractivity contribution in [3.63, 3.8) is 0 Å². The van der Waals surface area contributed by atoms with Crippen LogP contribution in [0.15, 0.2) is 12.8 Å². The Labute approximate surface area is 76.0 Å². The predicted molar refractivity (Wildman–Crippen MR) is 42.5 cm³/mol. The molecule has 70 valence electrons. The number of hydrogen-bond acceptors (Lipinski definition) is 4. The monoisotopic (exact) mass is 182 g/mol. The van der Waals surface area contributed by atoms with E-state index in [1.807, 2.05) is 0 Å². The molecule has 4 nitrogen and oxygen atoms in total. The molecular formula is C9H10O4. The molecule has 0 bridgehead atoms. The van der Waals surface area contributed by atoms with E-state index in [-0.39, 0.29) is 43.1 Å². The number of fused-ring (bicyclic) bond motifs is 3. The lowest BCUT2D eigenvalue weighted by Gasteiger charge is -1.97. The van der Waals surface area contributed by atoms with E-state index in [1.54, 1.807) is 0 Å². The second-order valence-corrected chi connectivity index (χ2v) is 3.66. The highest BCUT2D eigenvalue weighted by Gasteiger charge is 2.77. The smallest absolute Gasteiger partial charge is 0.314 e. The molecule has 13 heavy (non-hydrogen) atoms. The van der Waals surface area contributed by atoms with E-state index in [0.29, 0.717) is 0 Å². The minimum atomic E-state index is -0.340. The average Bonchev–Trinajstić information content (AvgIpc) is 2.96. The maximum Gasteiger partial charge on any atom is 0.314 e. The van der Waals surface area contributed by atoms with Crippen LogP contribution in [0.3, 0.4) is 0 Å². The van der Waals surface area contributed by atoms with Crippen LogP contribution in [0.4, 0.5) is 0 Å². The molecule has 0 unspecified atom stereocenters. The molecule has 4 heteroatoms. The molecule has 0 aromatic carbocycles. The van der Waals surface area contributed by atoms with Crippen LogP contribution in [0.5, 0.6) is 0 Å². The fraction of sp³-hybridized carbons (Fsp3) is 0.556. The maximum atomic E-state index is 11.3. The SMILES string of the molecule is C=COC(=O)[C@@H]1[C@H]2C(=O)[C@@H]3O[C@@H]3[C@@H]12.[HH]. The van der Waals surface area contributed by atoms with Gasteiger partial charge in [-0.2, -0.15) is 0 Å². The van der Waals surface area contributed by atoms with E-state index in [4.69, 9.17) is 4.74 Å². The number of ketones is 1. The van der Waals surface area contributed by atoms with Gasteiger partial charge in [0.05, 0.1) is 18.3 Å². The van der Waals surface area contributed by atoms with E-state index in [1.165, 1.54) is 0 Å². The van der Waals surface area contributed by atoms with Crippen molar-refractivity contribution >= 4 is 11.8 Å². The Balaban J connectivity index is 0.000000750. The molecule has 0 aromatic heterocycles. The second-order valence-electron chi connectivity index (χ2n) is 3.66. The standard InChI is InChI=1S/C9H8O4.H2/c1-2-12-9(11)5-3-4(5)7-8(13-7)6(3)10;/h2-5,7-8H,1H2;1H/t3-,4+,5+,7+,8-;/m0./s1. The van der Waals surface area contributed by atoms with Gasteiger partial charge in [0.15, 0.2) is 5.78 Å². The van der Waals surface area contributed by atoms with E-state index in [9.17, 15) is 9.59 Å². The van der Waals surface area contributed by atoms with Gasteiger partial charge in [-0.3, -0.25) is 9.59 Å². The summed E-state index contributed by atoms with van der Waals surface area (Å²) < 4.78 is 9.73. The number of rotatable bonds is 2. The Morgan fingerprint density at radius 3 is 3.00 bits per heavy atom. The zero-order valence-corrected chi connectivity index (χ0v) is 6.80. The summed E-state index contributed by atoms with van der Waals surface area (Å²) in [7, 11) is 0. The molecule has 0 N–H and O–H groups in total. The first kappa shape index (κ1) is 7.26. The van der Waals surface area contributed by atoms with Crippen molar-refractivity contribution in [3.8, 4) is 0 Å². The van der Waals surface area contributed by atoms with Crippen LogP contribution >= 0.6 is 0 Å². The molecule has 1 aliphatic heterocycles. The third-order valence-electron chi connectivity index (χ3n) is 3.06. The fourth-order valence-electron chi connectivity index (χ4n) is 2.41. The van der Waals surface area contributed by atoms with Crippen molar-refractivity contribution in [1.82, 2.24) is 0 Å². The molecule has 0 amide bonds. The predicted octanol–water partition coefficient (Wildman–Crippen LogP) is 0.131. The summed E-state index contributed by atoms with van der Waals surface area (Å²) in [6, 6.07) is 0. The highest BCUT2D eigenvalue weighted by Crippen LogP contribution is 2.63. The van der Waals surface area contributed by atoms with Gasteiger partial charge in [0.2, 0.25) is 0 Å². The van der Waals surface area contributed by atoms with Crippen molar-refractivity contribution < 1.29 is 20.5 Å². The van der Waals surface area contributed by atoms with Crippen LogP contribution in [0.2, 0.25) is 0 Å². The molecule has 0 spiro atoms. The van der Waals surface area contributed by atoms with Gasteiger partial charge in [-0.05, 0) is 0 Å². The van der Waals surface area contributed by atoms with Crippen molar-refractivity contribution in [2.75, 3.05) is 0 Å². The number of carbonyl (C=O) groups excluding carboxylic acids is 2. The van der Waals surface area contributed by atoms with Gasteiger partial charge in [0, 0.05) is 13.3 Å². The van der Waals surface area contributed by atoms with Crippen molar-refractivity contribution in [2.24, 2.45) is 17.8 Å². The lowest BCUT2D eigenvalue weighted by atomic mass is 10.1. The Morgan fingerprint density at radius 1 is 1.69 bits per heavy atom. The summed E-state index contributed by atoms with van der Waals surface area (Å²) in [5, 5.41) is 0. The van der Waals surface area contributed by atoms with Crippen molar-refractivity contribution in [2.45, 2.75) is 12.2 Å². The van der Waals surface area contributed by atoms with E-state index in [2.05, 4.69) is 11.3 Å². The quantitative estimate of drug-likeness (QED) is 0.346. The third kappa shape index (κ3) is 0.740. The van der Waals surface area contributed by atoms with Gasteiger partial charge in [0.1, 0.15) is 6.10 Å². The average molecular weight is 182 g/mol. The van der Waals surface area contributed by atoms with E-state index in [0.717, 1.165) is 6.26 Å². The van der Waals surface area contributed by atoms with E-state index < -0.39 is 0 Å². The highest BCUT2D eigenvalue weighted by molar-refractivity contribution is 6.00. The van der Waals surface area contributed by atoms with E-state index >= 15 is 0 Å². The first-order valence-corrected chi connectivity index (χ1v) is 4.26. The van der Waals surface area contributed by atoms with Crippen LogP contribution < -0.4 is 0 Å². The topological polar surface area (TPSA) is 55.9 Å². The highest BCUT2D eigenvalue weighted by atomic mass is 16.6. The normalized spacial score (nSPS) is 49.2. The minimum absolute atomic E-state index is 0. The number of carbonyl (C=O) groups is 2. The van der Waals surface area contributed by atoms with Crippen LogP contribution in [0, 0.1) is 17.8 Å². The van der Waals surface area contributed by atoms with Crippen LogP contribution in [-0.2, 0) is 19.1 Å². The summed E-state index contributed by atoms with van der Waals surface area (Å²) in [6.07, 6.45) is 0.925. The molecule has 5 atom stereocenters. The van der Waals surface area contributed by atoms with Gasteiger partial charge in [-0.25, -0.2) is 0 Å². The number of hydrogen-bond donors (Lipinski definition) is 0.